The average Bonchev–Trinajstić information content (AvgIpc) is 2.72. The third-order valence-corrected chi connectivity index (χ3v) is 4.83. The minimum Gasteiger partial charge on any atom is -0.494 e. The number of rotatable bonds is 7. The topological polar surface area (TPSA) is 73.9 Å². The van der Waals surface area contributed by atoms with Gasteiger partial charge in [-0.05, 0) is 50.4 Å². The van der Waals surface area contributed by atoms with Gasteiger partial charge in [-0.2, -0.15) is 0 Å². The maximum atomic E-state index is 12.7. The van der Waals surface area contributed by atoms with Crippen molar-refractivity contribution < 1.29 is 14.3 Å². The van der Waals surface area contributed by atoms with E-state index in [9.17, 15) is 9.59 Å². The summed E-state index contributed by atoms with van der Waals surface area (Å²) in [6.45, 7) is 6.47. The molecule has 2 aromatic carbocycles. The van der Waals surface area contributed by atoms with Crippen LogP contribution in [-0.4, -0.2) is 68.0 Å². The van der Waals surface area contributed by atoms with Gasteiger partial charge in [-0.1, -0.05) is 12.1 Å². The number of likely N-dealkylation sites (N-methyl/N-ethyl adjacent to an activating group) is 1. The van der Waals surface area contributed by atoms with Crippen LogP contribution in [0.2, 0.25) is 0 Å². The van der Waals surface area contributed by atoms with Gasteiger partial charge in [0, 0.05) is 31.9 Å². The lowest BCUT2D eigenvalue weighted by molar-refractivity contribution is -0.117. The number of anilines is 2. The number of carbonyl (C=O) groups excluding carboxylic acids is 2. The molecule has 0 unspecified atom stereocenters. The summed E-state index contributed by atoms with van der Waals surface area (Å²) in [5, 5.41) is 5.75. The molecule has 0 saturated carbocycles. The van der Waals surface area contributed by atoms with Crippen molar-refractivity contribution in [2.45, 2.75) is 6.92 Å². The Labute approximate surface area is 171 Å². The Morgan fingerprint density at radius 1 is 0.966 bits per heavy atom. The predicted octanol–water partition coefficient (Wildman–Crippen LogP) is 2.52. The molecule has 154 valence electrons. The van der Waals surface area contributed by atoms with Gasteiger partial charge in [-0.3, -0.25) is 14.5 Å². The van der Waals surface area contributed by atoms with E-state index in [2.05, 4.69) is 27.5 Å². The summed E-state index contributed by atoms with van der Waals surface area (Å²) in [4.78, 5) is 29.6. The molecule has 0 bridgehead atoms. The second-order valence-corrected chi connectivity index (χ2v) is 7.08. The maximum absolute atomic E-state index is 12.7. The summed E-state index contributed by atoms with van der Waals surface area (Å²) in [6.07, 6.45) is 0. The quantitative estimate of drug-likeness (QED) is 0.752. The molecule has 1 heterocycles. The summed E-state index contributed by atoms with van der Waals surface area (Å²) >= 11 is 0. The van der Waals surface area contributed by atoms with E-state index in [1.54, 1.807) is 36.4 Å². The van der Waals surface area contributed by atoms with Crippen LogP contribution in [0.1, 0.15) is 17.3 Å². The molecule has 0 spiro atoms. The summed E-state index contributed by atoms with van der Waals surface area (Å²) in [5.74, 6) is 0.364. The third kappa shape index (κ3) is 6.04. The second-order valence-electron chi connectivity index (χ2n) is 7.08. The van der Waals surface area contributed by atoms with Crippen molar-refractivity contribution in [3.63, 3.8) is 0 Å². The summed E-state index contributed by atoms with van der Waals surface area (Å²) in [7, 11) is 2.08. The molecule has 3 rings (SSSR count). The number of nitrogens with one attached hydrogen (secondary N) is 2. The Morgan fingerprint density at radius 3 is 2.34 bits per heavy atom. The van der Waals surface area contributed by atoms with Crippen LogP contribution < -0.4 is 15.4 Å². The Kier molecular flexibility index (Phi) is 7.21. The van der Waals surface area contributed by atoms with Gasteiger partial charge in [0.1, 0.15) is 5.75 Å². The summed E-state index contributed by atoms with van der Waals surface area (Å²) in [5.41, 5.74) is 1.60. The van der Waals surface area contributed by atoms with E-state index in [0.29, 0.717) is 30.1 Å². The van der Waals surface area contributed by atoms with Crippen molar-refractivity contribution in [2.24, 2.45) is 0 Å². The van der Waals surface area contributed by atoms with Gasteiger partial charge in [0.05, 0.1) is 24.4 Å². The molecular formula is C22H28N4O3. The largest absolute Gasteiger partial charge is 0.494 e. The highest BCUT2D eigenvalue weighted by molar-refractivity contribution is 6.10. The van der Waals surface area contributed by atoms with Gasteiger partial charge in [0.15, 0.2) is 0 Å². The molecule has 2 amide bonds. The predicted molar refractivity (Wildman–Crippen MR) is 115 cm³/mol. The SMILES string of the molecule is CCOc1ccc(NC(=O)c2ccccc2NC(=O)CN2CCN(C)CC2)cc1. The lowest BCUT2D eigenvalue weighted by Gasteiger charge is -2.31. The molecule has 1 saturated heterocycles. The normalized spacial score (nSPS) is 15.0. The Balaban J connectivity index is 1.61. The van der Waals surface area contributed by atoms with Crippen LogP contribution in [0.25, 0.3) is 0 Å². The van der Waals surface area contributed by atoms with Crippen molar-refractivity contribution >= 4 is 23.2 Å². The van der Waals surface area contributed by atoms with Crippen LogP contribution in [0.4, 0.5) is 11.4 Å². The second kappa shape index (κ2) is 10.0. The van der Waals surface area contributed by atoms with Gasteiger partial charge in [0.2, 0.25) is 5.91 Å². The van der Waals surface area contributed by atoms with Crippen molar-refractivity contribution in [1.29, 1.82) is 0 Å². The first-order valence-corrected chi connectivity index (χ1v) is 9.89. The van der Waals surface area contributed by atoms with Gasteiger partial charge < -0.3 is 20.3 Å². The van der Waals surface area contributed by atoms with E-state index >= 15 is 0 Å². The molecule has 2 N–H and O–H groups in total. The number of hydrogen-bond acceptors (Lipinski definition) is 5. The monoisotopic (exact) mass is 396 g/mol. The fourth-order valence-electron chi connectivity index (χ4n) is 3.19. The van der Waals surface area contributed by atoms with Crippen LogP contribution >= 0.6 is 0 Å². The molecule has 7 heteroatoms. The number of carbonyl (C=O) groups is 2. The fourth-order valence-corrected chi connectivity index (χ4v) is 3.19. The van der Waals surface area contributed by atoms with Crippen molar-refractivity contribution in [1.82, 2.24) is 9.80 Å². The van der Waals surface area contributed by atoms with E-state index in [1.807, 2.05) is 19.1 Å². The number of hydrogen-bond donors (Lipinski definition) is 2. The zero-order valence-electron chi connectivity index (χ0n) is 17.0. The van der Waals surface area contributed by atoms with Crippen molar-refractivity contribution in [3.05, 3.63) is 54.1 Å². The van der Waals surface area contributed by atoms with E-state index in [0.717, 1.165) is 31.9 Å². The van der Waals surface area contributed by atoms with Crippen LogP contribution in [0.3, 0.4) is 0 Å². The molecule has 1 aliphatic heterocycles. The van der Waals surface area contributed by atoms with Crippen LogP contribution in [0.15, 0.2) is 48.5 Å². The first kappa shape index (κ1) is 20.8. The van der Waals surface area contributed by atoms with Gasteiger partial charge >= 0.3 is 0 Å². The zero-order chi connectivity index (χ0) is 20.6. The third-order valence-electron chi connectivity index (χ3n) is 4.83. The minimum atomic E-state index is -0.273. The molecule has 1 aliphatic rings. The highest BCUT2D eigenvalue weighted by atomic mass is 16.5. The molecule has 29 heavy (non-hydrogen) atoms. The van der Waals surface area contributed by atoms with Crippen LogP contribution in [0, 0.1) is 0 Å². The van der Waals surface area contributed by atoms with Crippen LogP contribution in [-0.2, 0) is 4.79 Å². The van der Waals surface area contributed by atoms with E-state index in [1.165, 1.54) is 0 Å². The number of ether oxygens (including phenoxy) is 1. The van der Waals surface area contributed by atoms with E-state index in [4.69, 9.17) is 4.74 Å². The van der Waals surface area contributed by atoms with E-state index in [-0.39, 0.29) is 11.8 Å². The molecule has 0 radical (unpaired) electrons. The highest BCUT2D eigenvalue weighted by Crippen LogP contribution is 2.20. The molecule has 0 aliphatic carbocycles. The number of nitrogens with zero attached hydrogens (tertiary/aromatic N) is 2. The van der Waals surface area contributed by atoms with Gasteiger partial charge in [-0.15, -0.1) is 0 Å². The summed E-state index contributed by atoms with van der Waals surface area (Å²) < 4.78 is 5.41. The van der Waals surface area contributed by atoms with Crippen molar-refractivity contribution in [3.8, 4) is 5.75 Å². The van der Waals surface area contributed by atoms with Crippen molar-refractivity contribution in [2.75, 3.05) is 57.0 Å². The molecular weight excluding hydrogens is 368 g/mol. The van der Waals surface area contributed by atoms with Gasteiger partial charge in [0.25, 0.3) is 5.91 Å². The Hall–Kier alpha value is -2.90. The number of benzene rings is 2. The number of para-hydroxylation sites is 1. The molecule has 0 atom stereocenters. The lowest BCUT2D eigenvalue weighted by atomic mass is 10.1. The Bertz CT molecular complexity index is 830. The first-order chi connectivity index (χ1) is 14.0. The Morgan fingerprint density at radius 2 is 1.66 bits per heavy atom. The number of piperazine rings is 1. The summed E-state index contributed by atoms with van der Waals surface area (Å²) in [6, 6.07) is 14.2. The molecule has 0 aromatic heterocycles. The average molecular weight is 396 g/mol. The maximum Gasteiger partial charge on any atom is 0.257 e. The van der Waals surface area contributed by atoms with E-state index < -0.39 is 0 Å². The highest BCUT2D eigenvalue weighted by Gasteiger charge is 2.18. The van der Waals surface area contributed by atoms with Crippen LogP contribution in [0.5, 0.6) is 5.75 Å². The van der Waals surface area contributed by atoms with Gasteiger partial charge in [-0.25, -0.2) is 0 Å². The molecule has 1 fully saturated rings. The smallest absolute Gasteiger partial charge is 0.257 e. The first-order valence-electron chi connectivity index (χ1n) is 9.89. The zero-order valence-corrected chi connectivity index (χ0v) is 17.0. The molecule has 7 nitrogen and oxygen atoms in total. The number of amides is 2. The lowest BCUT2D eigenvalue weighted by Crippen LogP contribution is -2.47. The minimum absolute atomic E-state index is 0.115. The fraction of sp³-hybridized carbons (Fsp3) is 0.364. The standard InChI is InChI=1S/C22H28N4O3/c1-3-29-18-10-8-17(9-11-18)23-22(28)19-6-4-5-7-20(19)24-21(27)16-26-14-12-25(2)13-15-26/h4-11H,3,12-16H2,1-2H3,(H,23,28)(H,24,27). The molecule has 2 aromatic rings.